The normalized spacial score (nSPS) is 15.4. The minimum Gasteiger partial charge on any atom is -0.455 e. The molecule has 46 heavy (non-hydrogen) atoms. The fourth-order valence-electron chi connectivity index (χ4n) is 5.98. The maximum Gasteiger partial charge on any atom is 0.143 e. The molecular weight excluding hydrogens is 558 g/mol. The Hall–Kier alpha value is -6.12. The average molecular weight is 601 g/mol. The van der Waals surface area contributed by atoms with Crippen molar-refractivity contribution in [3.05, 3.63) is 176 Å². The number of anilines is 3. The maximum absolute atomic E-state index is 9.57. The van der Waals surface area contributed by atoms with E-state index >= 15 is 0 Å². The summed E-state index contributed by atoms with van der Waals surface area (Å²) in [6.45, 7) is 0. The number of hydrogen-bond acceptors (Lipinski definition) is 2. The van der Waals surface area contributed by atoms with Gasteiger partial charge in [-0.25, -0.2) is 0 Å². The Balaban J connectivity index is 1.34. The Labute approximate surface area is 285 Å². The Morgan fingerprint density at radius 3 is 1.74 bits per heavy atom. The van der Waals surface area contributed by atoms with Gasteiger partial charge in [0.2, 0.25) is 0 Å². The third kappa shape index (κ3) is 4.35. The molecule has 8 aromatic carbocycles. The van der Waals surface area contributed by atoms with Crippen molar-refractivity contribution in [1.29, 1.82) is 0 Å². The van der Waals surface area contributed by atoms with Crippen molar-refractivity contribution < 1.29 is 22.2 Å². The molecule has 0 N–H and O–H groups in total. The van der Waals surface area contributed by atoms with Crippen molar-refractivity contribution in [2.75, 3.05) is 4.90 Å². The summed E-state index contributed by atoms with van der Waals surface area (Å²) in [5, 5.41) is 4.86. The number of hydrogen-bond donors (Lipinski definition) is 0. The van der Waals surface area contributed by atoms with E-state index in [1.54, 1.807) is 11.0 Å². The standard InChI is InChI=1S/C44H29NO/c1-2-10-30(11-3-1)31-20-22-32(23-21-31)33-24-27-36(28-25-33)45(40-17-8-14-34-12-4-6-15-37(34)40)41-18-9-19-42-43(41)39-29-26-35-13-5-7-16-38(35)44(39)46-42/h1-29H/i1D,2D,3D,10D,11D,20D,21D,22D,23D,24D,25D,27D,28D. The Kier molecular flexibility index (Phi) is 3.82. The van der Waals surface area contributed by atoms with Crippen molar-refractivity contribution in [3.63, 3.8) is 0 Å². The van der Waals surface area contributed by atoms with E-state index in [1.165, 1.54) is 0 Å². The molecule has 2 heteroatoms. The summed E-state index contributed by atoms with van der Waals surface area (Å²) in [5.74, 6) is 0. The number of benzene rings is 8. The fraction of sp³-hybridized carbons (Fsp3) is 0. The van der Waals surface area contributed by atoms with Gasteiger partial charge in [0, 0.05) is 21.8 Å². The van der Waals surface area contributed by atoms with Crippen LogP contribution >= 0.6 is 0 Å². The summed E-state index contributed by atoms with van der Waals surface area (Å²) in [6, 6.07) is 21.3. The predicted molar refractivity (Wildman–Crippen MR) is 194 cm³/mol. The van der Waals surface area contributed by atoms with Gasteiger partial charge in [-0.15, -0.1) is 0 Å². The lowest BCUT2D eigenvalue weighted by atomic mass is 9.99. The fourth-order valence-corrected chi connectivity index (χ4v) is 5.98. The topological polar surface area (TPSA) is 16.4 Å². The number of fused-ring (bicyclic) bond motifs is 6. The van der Waals surface area contributed by atoms with Crippen LogP contribution in [-0.2, 0) is 0 Å². The van der Waals surface area contributed by atoms with E-state index in [0.717, 1.165) is 26.9 Å². The molecule has 2 nitrogen and oxygen atoms in total. The molecule has 0 bridgehead atoms. The quantitative estimate of drug-likeness (QED) is 0.195. The molecule has 0 atom stereocenters. The van der Waals surface area contributed by atoms with Gasteiger partial charge in [0.05, 0.1) is 34.6 Å². The van der Waals surface area contributed by atoms with Crippen LogP contribution in [0, 0.1) is 0 Å². The van der Waals surface area contributed by atoms with Crippen molar-refractivity contribution in [2.45, 2.75) is 0 Å². The lowest BCUT2D eigenvalue weighted by Crippen LogP contribution is -2.10. The highest BCUT2D eigenvalue weighted by Crippen LogP contribution is 2.46. The summed E-state index contributed by atoms with van der Waals surface area (Å²) in [7, 11) is 0. The monoisotopic (exact) mass is 600 g/mol. The van der Waals surface area contributed by atoms with Crippen LogP contribution in [0.1, 0.15) is 17.8 Å². The third-order valence-electron chi connectivity index (χ3n) is 8.07. The van der Waals surface area contributed by atoms with Gasteiger partial charge in [0.1, 0.15) is 11.2 Å². The van der Waals surface area contributed by atoms with E-state index in [1.807, 2.05) is 91.0 Å². The van der Waals surface area contributed by atoms with Gasteiger partial charge in [-0.3, -0.25) is 0 Å². The molecule has 1 heterocycles. The molecule has 9 rings (SSSR count). The first-order valence-electron chi connectivity index (χ1n) is 21.1. The molecule has 0 spiro atoms. The van der Waals surface area contributed by atoms with Gasteiger partial charge in [-0.2, -0.15) is 0 Å². The van der Waals surface area contributed by atoms with Crippen molar-refractivity contribution in [2.24, 2.45) is 0 Å². The van der Waals surface area contributed by atoms with Crippen LogP contribution < -0.4 is 4.90 Å². The number of furan rings is 1. The van der Waals surface area contributed by atoms with Crippen LogP contribution in [-0.4, -0.2) is 0 Å². The zero-order valence-electron chi connectivity index (χ0n) is 37.1. The molecule has 1 aromatic heterocycles. The first-order chi connectivity index (χ1) is 28.2. The molecule has 0 radical (unpaired) electrons. The SMILES string of the molecule is [2H]c1c([2H])c([2H])c(-c2c([2H])c([2H])c(-c3c([2H])c([2H])c(N(c4cccc5ccccc45)c4cccc5oc6c7ccccc7ccc6c45)c([2H])c3[2H])c([2H])c2[2H])c([2H])c1[2H]. The number of rotatable bonds is 5. The summed E-state index contributed by atoms with van der Waals surface area (Å²) in [6.07, 6.45) is 0. The summed E-state index contributed by atoms with van der Waals surface area (Å²) in [5.41, 5.74) is -0.0793. The van der Waals surface area contributed by atoms with E-state index in [0.29, 0.717) is 27.9 Å². The second-order valence-electron chi connectivity index (χ2n) is 10.7. The molecule has 0 aliphatic rings. The minimum absolute atomic E-state index is 0.145. The molecule has 0 saturated heterocycles. The molecule has 0 unspecified atom stereocenters. The van der Waals surface area contributed by atoms with E-state index in [2.05, 4.69) is 0 Å². The van der Waals surface area contributed by atoms with Gasteiger partial charge in [-0.1, -0.05) is 139 Å². The zero-order chi connectivity index (χ0) is 41.8. The Morgan fingerprint density at radius 1 is 0.435 bits per heavy atom. The molecule has 0 fully saturated rings. The summed E-state index contributed by atoms with van der Waals surface area (Å²) < 4.78 is 121. The van der Waals surface area contributed by atoms with Gasteiger partial charge >= 0.3 is 0 Å². The van der Waals surface area contributed by atoms with E-state index < -0.39 is 101 Å². The zero-order valence-corrected chi connectivity index (χ0v) is 24.1. The Morgan fingerprint density at radius 2 is 1.00 bits per heavy atom. The first kappa shape index (κ1) is 16.3. The molecule has 216 valence electrons. The first-order valence-corrected chi connectivity index (χ1v) is 14.6. The smallest absolute Gasteiger partial charge is 0.143 e. The highest BCUT2D eigenvalue weighted by Gasteiger charge is 2.21. The second kappa shape index (κ2) is 10.8. The van der Waals surface area contributed by atoms with Crippen molar-refractivity contribution >= 4 is 60.5 Å². The van der Waals surface area contributed by atoms with Crippen molar-refractivity contribution in [3.8, 4) is 22.3 Å². The largest absolute Gasteiger partial charge is 0.455 e. The van der Waals surface area contributed by atoms with Gasteiger partial charge in [-0.05, 0) is 69.4 Å². The summed E-state index contributed by atoms with van der Waals surface area (Å²) >= 11 is 0. The average Bonchev–Trinajstić information content (AvgIpc) is 3.64. The van der Waals surface area contributed by atoms with E-state index in [4.69, 9.17) is 16.8 Å². The predicted octanol–water partition coefficient (Wildman–Crippen LogP) is 12.7. The highest BCUT2D eigenvalue weighted by atomic mass is 16.3. The molecule has 0 aliphatic carbocycles. The van der Waals surface area contributed by atoms with Gasteiger partial charge in [0.15, 0.2) is 0 Å². The van der Waals surface area contributed by atoms with Gasteiger partial charge < -0.3 is 9.32 Å². The Bertz CT molecular complexity index is 3190. The van der Waals surface area contributed by atoms with E-state index in [-0.39, 0.29) is 5.69 Å². The number of nitrogens with zero attached hydrogens (tertiary/aromatic N) is 1. The second-order valence-corrected chi connectivity index (χ2v) is 10.7. The molecule has 0 amide bonds. The minimum atomic E-state index is -0.774. The molecular formula is C44H29NO. The lowest BCUT2D eigenvalue weighted by molar-refractivity contribution is 0.672. The van der Waals surface area contributed by atoms with Crippen LogP contribution in [0.5, 0.6) is 0 Å². The molecule has 0 aliphatic heterocycles. The van der Waals surface area contributed by atoms with Crippen LogP contribution in [0.2, 0.25) is 0 Å². The highest BCUT2D eigenvalue weighted by molar-refractivity contribution is 6.20. The van der Waals surface area contributed by atoms with Crippen molar-refractivity contribution in [1.82, 2.24) is 0 Å². The van der Waals surface area contributed by atoms with Crippen LogP contribution in [0.25, 0.3) is 65.7 Å². The van der Waals surface area contributed by atoms with Crippen LogP contribution in [0.15, 0.2) is 180 Å². The van der Waals surface area contributed by atoms with Crippen LogP contribution in [0.3, 0.4) is 0 Å². The van der Waals surface area contributed by atoms with E-state index in [9.17, 15) is 5.48 Å². The maximum atomic E-state index is 9.57. The molecule has 0 saturated carbocycles. The molecule has 9 aromatic rings. The lowest BCUT2D eigenvalue weighted by Gasteiger charge is -2.27. The van der Waals surface area contributed by atoms with Gasteiger partial charge in [0.25, 0.3) is 0 Å². The summed E-state index contributed by atoms with van der Waals surface area (Å²) in [4.78, 5) is 1.66. The third-order valence-corrected chi connectivity index (χ3v) is 8.07. The van der Waals surface area contributed by atoms with Crippen LogP contribution in [0.4, 0.5) is 17.1 Å².